The molecule has 0 fully saturated rings. The zero-order chi connectivity index (χ0) is 12.0. The minimum atomic E-state index is -0.508. The van der Waals surface area contributed by atoms with Crippen molar-refractivity contribution in [1.82, 2.24) is 0 Å². The predicted octanol–water partition coefficient (Wildman–Crippen LogP) is 4.04. The number of benzene rings is 1. The van der Waals surface area contributed by atoms with Crippen molar-refractivity contribution >= 4 is 17.0 Å². The van der Waals surface area contributed by atoms with Crippen LogP contribution in [0.25, 0.3) is 0 Å². The van der Waals surface area contributed by atoms with Gasteiger partial charge in [0.05, 0.1) is 11.7 Å². The Morgan fingerprint density at radius 3 is 2.82 bits per heavy atom. The van der Waals surface area contributed by atoms with Crippen LogP contribution in [0.5, 0.6) is 0 Å². The number of anilines is 1. The Kier molecular flexibility index (Phi) is 2.40. The van der Waals surface area contributed by atoms with E-state index in [0.717, 1.165) is 11.6 Å². The molecule has 3 rings (SSSR count). The summed E-state index contributed by atoms with van der Waals surface area (Å²) in [7, 11) is 0. The van der Waals surface area contributed by atoms with Gasteiger partial charge in [0.15, 0.2) is 0 Å². The second kappa shape index (κ2) is 3.81. The summed E-state index contributed by atoms with van der Waals surface area (Å²) in [5.74, 6) is -1.01. The predicted molar refractivity (Wildman–Crippen MR) is 65.5 cm³/mol. The molecule has 0 aliphatic carbocycles. The number of hydrogen-bond donors (Lipinski definition) is 1. The number of aryl methyl sites for hydroxylation is 1. The minimum Gasteiger partial charge on any atom is -0.374 e. The first kappa shape index (κ1) is 10.7. The molecule has 0 spiro atoms. The van der Waals surface area contributed by atoms with E-state index >= 15 is 0 Å². The number of rotatable bonds is 1. The molecule has 1 aliphatic rings. The van der Waals surface area contributed by atoms with Crippen LogP contribution in [0, 0.1) is 18.6 Å². The molecule has 4 heteroatoms. The van der Waals surface area contributed by atoms with Crippen LogP contribution in [0.15, 0.2) is 24.3 Å². The largest absolute Gasteiger partial charge is 0.374 e. The zero-order valence-electron chi connectivity index (χ0n) is 9.26. The maximum absolute atomic E-state index is 13.5. The summed E-state index contributed by atoms with van der Waals surface area (Å²) >= 11 is 1.69. The first-order valence-electron chi connectivity index (χ1n) is 5.44. The standard InChI is InChI=1S/C13H11F2NS/c1-7-2-3-12(17-7)11-5-8-4-9(14)6-10(15)13(8)16-11/h2-4,6,11,16H,5H2,1H3. The quantitative estimate of drug-likeness (QED) is 0.806. The van der Waals surface area contributed by atoms with E-state index in [1.54, 1.807) is 11.3 Å². The van der Waals surface area contributed by atoms with Gasteiger partial charge in [-0.05, 0) is 37.1 Å². The van der Waals surface area contributed by atoms with Crippen molar-refractivity contribution < 1.29 is 8.78 Å². The average molecular weight is 251 g/mol. The van der Waals surface area contributed by atoms with Crippen LogP contribution in [-0.4, -0.2) is 0 Å². The van der Waals surface area contributed by atoms with E-state index in [4.69, 9.17) is 0 Å². The fraction of sp³-hybridized carbons (Fsp3) is 0.231. The van der Waals surface area contributed by atoms with Crippen molar-refractivity contribution in [2.45, 2.75) is 19.4 Å². The monoisotopic (exact) mass is 251 g/mol. The first-order chi connectivity index (χ1) is 8.13. The van der Waals surface area contributed by atoms with Gasteiger partial charge in [0, 0.05) is 15.8 Å². The molecule has 1 aliphatic heterocycles. The van der Waals surface area contributed by atoms with Gasteiger partial charge in [-0.15, -0.1) is 11.3 Å². The van der Waals surface area contributed by atoms with Crippen LogP contribution < -0.4 is 5.32 Å². The van der Waals surface area contributed by atoms with E-state index in [2.05, 4.69) is 5.32 Å². The molecule has 1 unspecified atom stereocenters. The van der Waals surface area contributed by atoms with Gasteiger partial charge in [0.25, 0.3) is 0 Å². The molecule has 1 aromatic carbocycles. The van der Waals surface area contributed by atoms with Gasteiger partial charge in [0.1, 0.15) is 11.6 Å². The number of halogens is 2. The van der Waals surface area contributed by atoms with Crippen molar-refractivity contribution in [2.75, 3.05) is 5.32 Å². The van der Waals surface area contributed by atoms with E-state index in [0.29, 0.717) is 12.1 Å². The van der Waals surface area contributed by atoms with Gasteiger partial charge in [-0.2, -0.15) is 0 Å². The minimum absolute atomic E-state index is 0.0694. The maximum Gasteiger partial charge on any atom is 0.149 e. The highest BCUT2D eigenvalue weighted by molar-refractivity contribution is 7.12. The fourth-order valence-corrected chi connectivity index (χ4v) is 3.14. The van der Waals surface area contributed by atoms with Crippen molar-refractivity contribution in [3.8, 4) is 0 Å². The van der Waals surface area contributed by atoms with Crippen LogP contribution >= 0.6 is 11.3 Å². The third-order valence-corrected chi connectivity index (χ3v) is 4.10. The molecule has 0 bridgehead atoms. The molecule has 17 heavy (non-hydrogen) atoms. The van der Waals surface area contributed by atoms with Gasteiger partial charge in [0.2, 0.25) is 0 Å². The molecule has 0 saturated carbocycles. The summed E-state index contributed by atoms with van der Waals surface area (Å²) in [6.45, 7) is 2.04. The van der Waals surface area contributed by atoms with Crippen LogP contribution in [-0.2, 0) is 6.42 Å². The van der Waals surface area contributed by atoms with Crippen molar-refractivity contribution in [2.24, 2.45) is 0 Å². The molecule has 0 radical (unpaired) electrons. The third-order valence-electron chi connectivity index (χ3n) is 2.98. The van der Waals surface area contributed by atoms with Gasteiger partial charge in [-0.1, -0.05) is 0 Å². The Labute approximate surface area is 102 Å². The molecule has 1 atom stereocenters. The van der Waals surface area contributed by atoms with Crippen LogP contribution in [0.1, 0.15) is 21.4 Å². The average Bonchev–Trinajstić information content (AvgIpc) is 2.83. The van der Waals surface area contributed by atoms with Gasteiger partial charge in [-0.3, -0.25) is 0 Å². The van der Waals surface area contributed by atoms with E-state index in [1.165, 1.54) is 15.8 Å². The van der Waals surface area contributed by atoms with Crippen LogP contribution in [0.3, 0.4) is 0 Å². The van der Waals surface area contributed by atoms with Gasteiger partial charge in [-0.25, -0.2) is 8.78 Å². The van der Waals surface area contributed by atoms with Crippen molar-refractivity contribution in [1.29, 1.82) is 0 Å². The summed E-state index contributed by atoms with van der Waals surface area (Å²) < 4.78 is 26.6. The summed E-state index contributed by atoms with van der Waals surface area (Å²) in [4.78, 5) is 2.39. The third kappa shape index (κ3) is 1.82. The molecule has 2 aromatic rings. The zero-order valence-corrected chi connectivity index (χ0v) is 10.1. The number of thiophene rings is 1. The van der Waals surface area contributed by atoms with Gasteiger partial charge < -0.3 is 5.32 Å². The van der Waals surface area contributed by atoms with E-state index in [-0.39, 0.29) is 6.04 Å². The second-order valence-electron chi connectivity index (χ2n) is 4.27. The molecular formula is C13H11F2NS. The summed E-state index contributed by atoms with van der Waals surface area (Å²) in [6.07, 6.45) is 0.643. The topological polar surface area (TPSA) is 12.0 Å². The highest BCUT2D eigenvalue weighted by atomic mass is 32.1. The van der Waals surface area contributed by atoms with E-state index in [1.807, 2.05) is 19.1 Å². The molecule has 1 N–H and O–H groups in total. The highest BCUT2D eigenvalue weighted by Crippen LogP contribution is 2.38. The highest BCUT2D eigenvalue weighted by Gasteiger charge is 2.26. The fourth-order valence-electron chi connectivity index (χ4n) is 2.21. The summed E-state index contributed by atoms with van der Waals surface area (Å²) in [5, 5.41) is 3.13. The Hall–Kier alpha value is -1.42. The van der Waals surface area contributed by atoms with Crippen LogP contribution in [0.4, 0.5) is 14.5 Å². The maximum atomic E-state index is 13.5. The number of nitrogens with one attached hydrogen (secondary N) is 1. The Morgan fingerprint density at radius 1 is 1.29 bits per heavy atom. The second-order valence-corrected chi connectivity index (χ2v) is 5.59. The van der Waals surface area contributed by atoms with Crippen molar-refractivity contribution in [3.05, 3.63) is 51.2 Å². The van der Waals surface area contributed by atoms with E-state index < -0.39 is 11.6 Å². The number of fused-ring (bicyclic) bond motifs is 1. The Bertz CT molecular complexity index is 577. The molecule has 0 saturated heterocycles. The lowest BCUT2D eigenvalue weighted by Crippen LogP contribution is -2.03. The molecule has 1 aromatic heterocycles. The van der Waals surface area contributed by atoms with Gasteiger partial charge >= 0.3 is 0 Å². The smallest absolute Gasteiger partial charge is 0.149 e. The lowest BCUT2D eigenvalue weighted by molar-refractivity contribution is 0.585. The molecule has 88 valence electrons. The van der Waals surface area contributed by atoms with Crippen molar-refractivity contribution in [3.63, 3.8) is 0 Å². The van der Waals surface area contributed by atoms with Crippen LogP contribution in [0.2, 0.25) is 0 Å². The summed E-state index contributed by atoms with van der Waals surface area (Å²) in [5.41, 5.74) is 1.17. The molecular weight excluding hydrogens is 240 g/mol. The first-order valence-corrected chi connectivity index (χ1v) is 6.26. The SMILES string of the molecule is Cc1ccc(C2Cc3cc(F)cc(F)c3N2)s1. The molecule has 1 nitrogen and oxygen atoms in total. The van der Waals surface area contributed by atoms with E-state index in [9.17, 15) is 8.78 Å². The Morgan fingerprint density at radius 2 is 2.12 bits per heavy atom. The molecule has 2 heterocycles. The Balaban J connectivity index is 1.95. The lowest BCUT2D eigenvalue weighted by atomic mass is 10.1. The number of hydrogen-bond acceptors (Lipinski definition) is 2. The summed E-state index contributed by atoms with van der Waals surface area (Å²) in [6, 6.07) is 6.49. The normalized spacial score (nSPS) is 17.9. The molecule has 0 amide bonds. The lowest BCUT2D eigenvalue weighted by Gasteiger charge is -2.08.